The SMILES string of the molecule is CCOC(=O)c1cnc2n(c1=O)C(C)CC/C2=C\Nc1ccccc1C(=O)O. The van der Waals surface area contributed by atoms with Gasteiger partial charge in [-0.15, -0.1) is 0 Å². The smallest absolute Gasteiger partial charge is 0.345 e. The Kier molecular flexibility index (Phi) is 5.58. The fourth-order valence-corrected chi connectivity index (χ4v) is 3.17. The van der Waals surface area contributed by atoms with Crippen LogP contribution in [0.25, 0.3) is 5.57 Å². The van der Waals surface area contributed by atoms with E-state index in [4.69, 9.17) is 4.74 Å². The van der Waals surface area contributed by atoms with Gasteiger partial charge in [-0.05, 0) is 38.8 Å². The molecule has 0 saturated heterocycles. The summed E-state index contributed by atoms with van der Waals surface area (Å²) in [5.41, 5.74) is 0.811. The number of carboxylic acids is 1. The van der Waals surface area contributed by atoms with Gasteiger partial charge < -0.3 is 15.2 Å². The summed E-state index contributed by atoms with van der Waals surface area (Å²) < 4.78 is 6.42. The summed E-state index contributed by atoms with van der Waals surface area (Å²) in [6, 6.07) is 6.44. The molecule has 2 N–H and O–H groups in total. The van der Waals surface area contributed by atoms with E-state index in [2.05, 4.69) is 10.3 Å². The van der Waals surface area contributed by atoms with Crippen molar-refractivity contribution in [3.8, 4) is 0 Å². The van der Waals surface area contributed by atoms with E-state index in [-0.39, 0.29) is 23.8 Å². The van der Waals surface area contributed by atoms with Crippen LogP contribution in [0.5, 0.6) is 0 Å². The lowest BCUT2D eigenvalue weighted by Crippen LogP contribution is -2.34. The molecule has 8 heteroatoms. The van der Waals surface area contributed by atoms with Crippen molar-refractivity contribution in [1.82, 2.24) is 9.55 Å². The third kappa shape index (κ3) is 3.66. The third-order valence-corrected chi connectivity index (χ3v) is 4.61. The van der Waals surface area contributed by atoms with Gasteiger partial charge in [-0.2, -0.15) is 0 Å². The number of aromatic nitrogens is 2. The van der Waals surface area contributed by atoms with Gasteiger partial charge in [-0.25, -0.2) is 14.6 Å². The Hall–Kier alpha value is -3.42. The second kappa shape index (κ2) is 8.08. The molecule has 1 atom stereocenters. The molecule has 1 aliphatic heterocycles. The van der Waals surface area contributed by atoms with Gasteiger partial charge in [0, 0.05) is 24.0 Å². The maximum Gasteiger partial charge on any atom is 0.345 e. The van der Waals surface area contributed by atoms with Crippen LogP contribution < -0.4 is 10.9 Å². The lowest BCUT2D eigenvalue weighted by molar-refractivity contribution is 0.0522. The van der Waals surface area contributed by atoms with E-state index in [1.165, 1.54) is 16.8 Å². The molecule has 1 unspecified atom stereocenters. The molecule has 0 saturated carbocycles. The molecule has 0 aliphatic carbocycles. The van der Waals surface area contributed by atoms with E-state index >= 15 is 0 Å². The molecule has 28 heavy (non-hydrogen) atoms. The first-order valence-corrected chi connectivity index (χ1v) is 9.01. The predicted molar refractivity (Wildman–Crippen MR) is 103 cm³/mol. The summed E-state index contributed by atoms with van der Waals surface area (Å²) in [4.78, 5) is 40.5. The van der Waals surface area contributed by atoms with E-state index in [0.29, 0.717) is 24.4 Å². The molecule has 0 radical (unpaired) electrons. The molecule has 1 aromatic carbocycles. The van der Waals surface area contributed by atoms with Crippen molar-refractivity contribution in [2.45, 2.75) is 32.7 Å². The van der Waals surface area contributed by atoms with Crippen LogP contribution in [-0.2, 0) is 4.74 Å². The summed E-state index contributed by atoms with van der Waals surface area (Å²) in [6.07, 6.45) is 4.25. The first kappa shape index (κ1) is 19.3. The van der Waals surface area contributed by atoms with Crippen LogP contribution in [0.1, 0.15) is 59.3 Å². The summed E-state index contributed by atoms with van der Waals surface area (Å²) >= 11 is 0. The van der Waals surface area contributed by atoms with Gasteiger partial charge in [0.1, 0.15) is 11.4 Å². The molecule has 8 nitrogen and oxygen atoms in total. The number of anilines is 1. The fraction of sp³-hybridized carbons (Fsp3) is 0.300. The zero-order valence-corrected chi connectivity index (χ0v) is 15.6. The summed E-state index contributed by atoms with van der Waals surface area (Å²) in [6.45, 7) is 3.74. The number of ether oxygens (including phenoxy) is 1. The molecule has 1 aromatic heterocycles. The van der Waals surface area contributed by atoms with Crippen LogP contribution in [-0.4, -0.2) is 33.2 Å². The number of hydrogen-bond acceptors (Lipinski definition) is 6. The Labute approximate surface area is 161 Å². The van der Waals surface area contributed by atoms with E-state index in [9.17, 15) is 19.5 Å². The number of carboxylic acid groups (broad SMARTS) is 1. The van der Waals surface area contributed by atoms with Gasteiger partial charge in [0.25, 0.3) is 5.56 Å². The number of allylic oxidation sites excluding steroid dienone is 1. The minimum Gasteiger partial charge on any atom is -0.478 e. The zero-order chi connectivity index (χ0) is 20.3. The quantitative estimate of drug-likeness (QED) is 0.764. The molecule has 2 aromatic rings. The molecule has 0 spiro atoms. The Balaban J connectivity index is 1.99. The van der Waals surface area contributed by atoms with E-state index < -0.39 is 17.5 Å². The van der Waals surface area contributed by atoms with Crippen LogP contribution in [0.2, 0.25) is 0 Å². The molecule has 2 heterocycles. The van der Waals surface area contributed by atoms with Gasteiger partial charge in [0.2, 0.25) is 0 Å². The Bertz CT molecular complexity index is 1010. The Morgan fingerprint density at radius 3 is 2.82 bits per heavy atom. The van der Waals surface area contributed by atoms with E-state index in [0.717, 1.165) is 5.57 Å². The fourth-order valence-electron chi connectivity index (χ4n) is 3.17. The van der Waals surface area contributed by atoms with Crippen molar-refractivity contribution in [3.05, 3.63) is 64.0 Å². The van der Waals surface area contributed by atoms with Crippen molar-refractivity contribution in [2.24, 2.45) is 0 Å². The number of carbonyl (C=O) groups is 2. The highest BCUT2D eigenvalue weighted by atomic mass is 16.5. The number of rotatable bonds is 5. The van der Waals surface area contributed by atoms with Crippen molar-refractivity contribution in [3.63, 3.8) is 0 Å². The van der Waals surface area contributed by atoms with Gasteiger partial charge in [-0.3, -0.25) is 9.36 Å². The van der Waals surface area contributed by atoms with Crippen molar-refractivity contribution >= 4 is 23.2 Å². The van der Waals surface area contributed by atoms with Gasteiger partial charge >= 0.3 is 11.9 Å². The van der Waals surface area contributed by atoms with Crippen LogP contribution in [0.15, 0.2) is 41.5 Å². The molecule has 0 amide bonds. The highest BCUT2D eigenvalue weighted by Gasteiger charge is 2.26. The summed E-state index contributed by atoms with van der Waals surface area (Å²) in [7, 11) is 0. The molecule has 0 bridgehead atoms. The molecule has 3 rings (SSSR count). The second-order valence-electron chi connectivity index (χ2n) is 6.44. The maximum absolute atomic E-state index is 12.8. The van der Waals surface area contributed by atoms with E-state index in [1.54, 1.807) is 31.3 Å². The first-order valence-electron chi connectivity index (χ1n) is 9.01. The number of benzene rings is 1. The lowest BCUT2D eigenvalue weighted by Gasteiger charge is -2.26. The lowest BCUT2D eigenvalue weighted by atomic mass is 10.0. The van der Waals surface area contributed by atoms with Gasteiger partial charge in [0.15, 0.2) is 0 Å². The van der Waals surface area contributed by atoms with Crippen molar-refractivity contribution in [1.29, 1.82) is 0 Å². The normalized spacial score (nSPS) is 17.1. The average Bonchev–Trinajstić information content (AvgIpc) is 2.67. The number of para-hydroxylation sites is 1. The summed E-state index contributed by atoms with van der Waals surface area (Å²) in [5.74, 6) is -1.27. The molecule has 146 valence electrons. The van der Waals surface area contributed by atoms with Crippen LogP contribution in [0.3, 0.4) is 0 Å². The first-order chi connectivity index (χ1) is 13.4. The minimum absolute atomic E-state index is 0.0946. The summed E-state index contributed by atoms with van der Waals surface area (Å²) in [5, 5.41) is 12.3. The standard InChI is InChI=1S/C20H21N3O5/c1-3-28-20(27)15-11-22-17-13(9-8-12(2)23(17)18(15)24)10-21-16-7-5-4-6-14(16)19(25)26/h4-7,10-12,21H,3,8-9H2,1-2H3,(H,25,26)/b13-10+. The number of fused-ring (bicyclic) bond motifs is 1. The number of hydrogen-bond donors (Lipinski definition) is 2. The number of esters is 1. The number of nitrogens with one attached hydrogen (secondary N) is 1. The van der Waals surface area contributed by atoms with E-state index in [1.807, 2.05) is 6.92 Å². The second-order valence-corrected chi connectivity index (χ2v) is 6.44. The number of nitrogens with zero attached hydrogens (tertiary/aromatic N) is 2. The monoisotopic (exact) mass is 383 g/mol. The number of carbonyl (C=O) groups excluding carboxylic acids is 1. The van der Waals surface area contributed by atoms with Crippen LogP contribution in [0.4, 0.5) is 5.69 Å². The largest absolute Gasteiger partial charge is 0.478 e. The van der Waals surface area contributed by atoms with Crippen molar-refractivity contribution in [2.75, 3.05) is 11.9 Å². The minimum atomic E-state index is -1.03. The Morgan fingerprint density at radius 1 is 1.36 bits per heavy atom. The Morgan fingerprint density at radius 2 is 2.11 bits per heavy atom. The average molecular weight is 383 g/mol. The van der Waals surface area contributed by atoms with Crippen LogP contribution >= 0.6 is 0 Å². The highest BCUT2D eigenvalue weighted by molar-refractivity contribution is 5.94. The molecular formula is C20H21N3O5. The molecule has 0 fully saturated rings. The van der Waals surface area contributed by atoms with Gasteiger partial charge in [0.05, 0.1) is 17.9 Å². The van der Waals surface area contributed by atoms with Crippen LogP contribution in [0, 0.1) is 0 Å². The highest BCUT2D eigenvalue weighted by Crippen LogP contribution is 2.30. The zero-order valence-electron chi connectivity index (χ0n) is 15.6. The third-order valence-electron chi connectivity index (χ3n) is 4.61. The number of aromatic carboxylic acids is 1. The topological polar surface area (TPSA) is 111 Å². The molecular weight excluding hydrogens is 362 g/mol. The maximum atomic E-state index is 12.8. The molecule has 1 aliphatic rings. The predicted octanol–water partition coefficient (Wildman–Crippen LogP) is 2.93. The van der Waals surface area contributed by atoms with Gasteiger partial charge in [-0.1, -0.05) is 12.1 Å². The van der Waals surface area contributed by atoms with Crippen molar-refractivity contribution < 1.29 is 19.4 Å².